The maximum Gasteiger partial charge on any atom is 0.306 e. The first kappa shape index (κ1) is 54.4. The predicted octanol–water partition coefficient (Wildman–Crippen LogP) is 15.8. The number of hydrogen-bond donors (Lipinski definition) is 0. The third-order valence-corrected chi connectivity index (χ3v) is 11.6. The van der Waals surface area contributed by atoms with Gasteiger partial charge in [0.15, 0.2) is 6.10 Å². The molecule has 2 atom stereocenters. The van der Waals surface area contributed by atoms with Gasteiger partial charge in [0.05, 0.1) is 0 Å². The first-order valence-electron chi connectivity index (χ1n) is 24.8. The Morgan fingerprint density at radius 1 is 0.375 bits per heavy atom. The molecule has 0 aromatic carbocycles. The third kappa shape index (κ3) is 42.0. The molecule has 332 valence electrons. The van der Waals surface area contributed by atoms with E-state index >= 15 is 0 Å². The van der Waals surface area contributed by atoms with Crippen molar-refractivity contribution in [3.63, 3.8) is 0 Å². The van der Waals surface area contributed by atoms with Crippen LogP contribution in [0.2, 0.25) is 0 Å². The Hall–Kier alpha value is -1.59. The van der Waals surface area contributed by atoms with Crippen LogP contribution in [0.4, 0.5) is 0 Å². The van der Waals surface area contributed by atoms with Crippen LogP contribution >= 0.6 is 0 Å². The van der Waals surface area contributed by atoms with Gasteiger partial charge >= 0.3 is 17.9 Å². The summed E-state index contributed by atoms with van der Waals surface area (Å²) in [5, 5.41) is 0. The molecule has 56 heavy (non-hydrogen) atoms. The summed E-state index contributed by atoms with van der Waals surface area (Å²) in [7, 11) is 0. The van der Waals surface area contributed by atoms with Crippen molar-refractivity contribution in [2.24, 2.45) is 11.8 Å². The number of esters is 3. The summed E-state index contributed by atoms with van der Waals surface area (Å²) in [5.41, 5.74) is 0. The maximum absolute atomic E-state index is 12.7. The molecule has 0 heterocycles. The highest BCUT2D eigenvalue weighted by Gasteiger charge is 2.19. The van der Waals surface area contributed by atoms with Gasteiger partial charge in [-0.2, -0.15) is 0 Å². The second kappa shape index (κ2) is 43.0. The number of rotatable bonds is 44. The van der Waals surface area contributed by atoms with Crippen LogP contribution in [0.1, 0.15) is 272 Å². The predicted molar refractivity (Wildman–Crippen MR) is 238 cm³/mol. The van der Waals surface area contributed by atoms with E-state index in [9.17, 15) is 14.4 Å². The topological polar surface area (TPSA) is 78.9 Å². The molecule has 0 aliphatic heterocycles. The molecule has 0 N–H and O–H groups in total. The van der Waals surface area contributed by atoms with Gasteiger partial charge in [-0.3, -0.25) is 14.4 Å². The maximum atomic E-state index is 12.7. The van der Waals surface area contributed by atoms with Gasteiger partial charge in [-0.15, -0.1) is 0 Å². The van der Waals surface area contributed by atoms with E-state index in [1.54, 1.807) is 0 Å². The monoisotopic (exact) mass is 793 g/mol. The standard InChI is InChI=1S/C50H96O6/c1-6-8-9-10-11-12-13-14-15-16-17-18-19-25-30-35-40-48(51)54-43-47(56-50(53)42-37-32-27-22-23-28-33-38-45(3)4)44-55-49(52)41-36-31-26-21-20-24-29-34-39-46(5)7-2/h45-47H,6-44H2,1-5H3/t46?,47-/m0/s1. The van der Waals surface area contributed by atoms with E-state index in [2.05, 4.69) is 34.6 Å². The molecule has 6 heteroatoms. The first-order chi connectivity index (χ1) is 27.3. The molecule has 0 aliphatic carbocycles. The molecule has 0 saturated carbocycles. The smallest absolute Gasteiger partial charge is 0.306 e. The van der Waals surface area contributed by atoms with Crippen LogP contribution < -0.4 is 0 Å². The van der Waals surface area contributed by atoms with Crippen molar-refractivity contribution in [3.05, 3.63) is 0 Å². The van der Waals surface area contributed by atoms with Gasteiger partial charge in [0.25, 0.3) is 0 Å². The molecule has 0 radical (unpaired) electrons. The van der Waals surface area contributed by atoms with Crippen LogP contribution in [0.3, 0.4) is 0 Å². The molecular weight excluding hydrogens is 697 g/mol. The summed E-state index contributed by atoms with van der Waals surface area (Å²) >= 11 is 0. The van der Waals surface area contributed by atoms with E-state index in [4.69, 9.17) is 14.2 Å². The summed E-state index contributed by atoms with van der Waals surface area (Å²) in [6, 6.07) is 0. The van der Waals surface area contributed by atoms with E-state index in [0.717, 1.165) is 69.6 Å². The summed E-state index contributed by atoms with van der Waals surface area (Å²) < 4.78 is 16.8. The number of ether oxygens (including phenoxy) is 3. The fourth-order valence-electron chi connectivity index (χ4n) is 7.43. The Morgan fingerprint density at radius 2 is 0.679 bits per heavy atom. The van der Waals surface area contributed by atoms with E-state index in [1.165, 1.54) is 161 Å². The highest BCUT2D eigenvalue weighted by molar-refractivity contribution is 5.71. The fourth-order valence-corrected chi connectivity index (χ4v) is 7.43. The van der Waals surface area contributed by atoms with Crippen molar-refractivity contribution in [1.82, 2.24) is 0 Å². The molecule has 0 aliphatic rings. The molecule has 0 amide bonds. The Bertz CT molecular complexity index is 856. The Balaban J connectivity index is 4.29. The van der Waals surface area contributed by atoms with Crippen molar-refractivity contribution in [3.8, 4) is 0 Å². The molecule has 1 unspecified atom stereocenters. The number of carbonyl (C=O) groups is 3. The minimum atomic E-state index is -0.762. The lowest BCUT2D eigenvalue weighted by Crippen LogP contribution is -2.30. The van der Waals surface area contributed by atoms with Gasteiger partial charge in [0.1, 0.15) is 13.2 Å². The summed E-state index contributed by atoms with van der Waals surface area (Å²) in [6.07, 6.45) is 42.3. The van der Waals surface area contributed by atoms with Crippen LogP contribution in [0.25, 0.3) is 0 Å². The van der Waals surface area contributed by atoms with Crippen molar-refractivity contribution in [2.75, 3.05) is 13.2 Å². The summed E-state index contributed by atoms with van der Waals surface area (Å²) in [5.74, 6) is 0.769. The van der Waals surface area contributed by atoms with E-state index in [-0.39, 0.29) is 31.1 Å². The van der Waals surface area contributed by atoms with Crippen LogP contribution in [0.15, 0.2) is 0 Å². The van der Waals surface area contributed by atoms with Gasteiger partial charge in [-0.1, -0.05) is 234 Å². The molecule has 0 saturated heterocycles. The van der Waals surface area contributed by atoms with E-state index < -0.39 is 6.10 Å². The van der Waals surface area contributed by atoms with E-state index in [0.29, 0.717) is 19.3 Å². The molecule has 0 spiro atoms. The quantitative estimate of drug-likeness (QED) is 0.0347. The molecular formula is C50H96O6. The average molecular weight is 793 g/mol. The second-order valence-corrected chi connectivity index (χ2v) is 17.8. The van der Waals surface area contributed by atoms with Crippen LogP contribution in [-0.4, -0.2) is 37.2 Å². The zero-order chi connectivity index (χ0) is 41.2. The minimum Gasteiger partial charge on any atom is -0.462 e. The zero-order valence-electron chi connectivity index (χ0n) is 38.3. The van der Waals surface area contributed by atoms with Gasteiger partial charge in [-0.05, 0) is 31.1 Å². The van der Waals surface area contributed by atoms with Crippen molar-refractivity contribution < 1.29 is 28.6 Å². The van der Waals surface area contributed by atoms with Crippen LogP contribution in [-0.2, 0) is 28.6 Å². The number of hydrogen-bond acceptors (Lipinski definition) is 6. The average Bonchev–Trinajstić information content (AvgIpc) is 3.18. The fraction of sp³-hybridized carbons (Fsp3) is 0.940. The second-order valence-electron chi connectivity index (χ2n) is 17.8. The van der Waals surface area contributed by atoms with Crippen molar-refractivity contribution >= 4 is 17.9 Å². The van der Waals surface area contributed by atoms with Crippen LogP contribution in [0, 0.1) is 11.8 Å². The third-order valence-electron chi connectivity index (χ3n) is 11.6. The number of carbonyl (C=O) groups excluding carboxylic acids is 3. The Labute approximate surface area is 348 Å². The summed E-state index contributed by atoms with van der Waals surface area (Å²) in [6.45, 7) is 11.3. The lowest BCUT2D eigenvalue weighted by molar-refractivity contribution is -0.167. The first-order valence-corrected chi connectivity index (χ1v) is 24.8. The molecule has 0 aromatic rings. The van der Waals surface area contributed by atoms with E-state index in [1.807, 2.05) is 0 Å². The Morgan fingerprint density at radius 3 is 1.02 bits per heavy atom. The molecule has 0 rings (SSSR count). The van der Waals surface area contributed by atoms with Gasteiger partial charge in [0, 0.05) is 19.3 Å². The van der Waals surface area contributed by atoms with Crippen LogP contribution in [0.5, 0.6) is 0 Å². The largest absolute Gasteiger partial charge is 0.462 e. The zero-order valence-corrected chi connectivity index (χ0v) is 38.3. The Kier molecular flexibility index (Phi) is 41.8. The molecule has 0 bridgehead atoms. The van der Waals surface area contributed by atoms with Gasteiger partial charge in [-0.25, -0.2) is 0 Å². The highest BCUT2D eigenvalue weighted by Crippen LogP contribution is 2.17. The lowest BCUT2D eigenvalue weighted by atomic mass is 9.99. The normalized spacial score (nSPS) is 12.5. The van der Waals surface area contributed by atoms with Gasteiger partial charge < -0.3 is 14.2 Å². The SMILES string of the molecule is CCCCCCCCCCCCCCCCCCC(=O)OC[C@@H](COC(=O)CCCCCCCCCCC(C)CC)OC(=O)CCCCCCCCCC(C)C. The number of unbranched alkanes of at least 4 members (excludes halogenated alkanes) is 28. The molecule has 6 nitrogen and oxygen atoms in total. The lowest BCUT2D eigenvalue weighted by Gasteiger charge is -2.18. The summed E-state index contributed by atoms with van der Waals surface area (Å²) in [4.78, 5) is 37.8. The highest BCUT2D eigenvalue weighted by atomic mass is 16.6. The van der Waals surface area contributed by atoms with Crippen molar-refractivity contribution in [2.45, 2.75) is 278 Å². The molecule has 0 aromatic heterocycles. The molecule has 0 fully saturated rings. The van der Waals surface area contributed by atoms with Gasteiger partial charge in [0.2, 0.25) is 0 Å². The minimum absolute atomic E-state index is 0.0650. The van der Waals surface area contributed by atoms with Crippen molar-refractivity contribution in [1.29, 1.82) is 0 Å².